The number of carbonyl (C=O) groups excluding carboxylic acids is 1. The van der Waals surface area contributed by atoms with E-state index in [1.807, 2.05) is 12.1 Å². The van der Waals surface area contributed by atoms with Crippen LogP contribution in [0.5, 0.6) is 0 Å². The molecule has 1 heterocycles. The fraction of sp³-hybridized carbons (Fsp3) is 0.333. The molecule has 0 aliphatic heterocycles. The van der Waals surface area contributed by atoms with Gasteiger partial charge in [0.05, 0.1) is 22.7 Å². The molecule has 0 unspecified atom stereocenters. The van der Waals surface area contributed by atoms with Crippen molar-refractivity contribution in [3.8, 4) is 0 Å². The Balaban J connectivity index is 2.48. The highest BCUT2D eigenvalue weighted by Crippen LogP contribution is 2.28. The molecule has 2 aromatic rings. The second kappa shape index (κ2) is 5.40. The van der Waals surface area contributed by atoms with Crippen molar-refractivity contribution in [1.29, 1.82) is 0 Å². The van der Waals surface area contributed by atoms with Gasteiger partial charge in [0.25, 0.3) is 0 Å². The summed E-state index contributed by atoms with van der Waals surface area (Å²) in [4.78, 5) is 16.1. The molecule has 0 fully saturated rings. The number of aromatic nitrogens is 1. The van der Waals surface area contributed by atoms with Crippen molar-refractivity contribution in [2.75, 3.05) is 12.4 Å². The zero-order valence-electron chi connectivity index (χ0n) is 12.0. The molecule has 0 aliphatic carbocycles. The van der Waals surface area contributed by atoms with Crippen molar-refractivity contribution in [1.82, 2.24) is 4.98 Å². The number of benzene rings is 1. The van der Waals surface area contributed by atoms with Gasteiger partial charge < -0.3 is 10.1 Å². The highest BCUT2D eigenvalue weighted by molar-refractivity contribution is 9.10. The van der Waals surface area contributed by atoms with E-state index < -0.39 is 0 Å². The SMILES string of the molecule is COC(=O)c1ccc2nc(NC(C)(C)C)c(Br)cc2c1. The number of carbonyl (C=O) groups is 1. The molecule has 4 nitrogen and oxygen atoms in total. The van der Waals surface area contributed by atoms with E-state index in [0.717, 1.165) is 21.2 Å². The quantitative estimate of drug-likeness (QED) is 0.842. The summed E-state index contributed by atoms with van der Waals surface area (Å²) in [7, 11) is 1.37. The first kappa shape index (κ1) is 14.8. The van der Waals surface area contributed by atoms with Crippen LogP contribution >= 0.6 is 15.9 Å². The normalized spacial score (nSPS) is 11.4. The van der Waals surface area contributed by atoms with Crippen molar-refractivity contribution in [2.24, 2.45) is 0 Å². The Hall–Kier alpha value is -1.62. The lowest BCUT2D eigenvalue weighted by atomic mass is 10.1. The molecular weight excluding hydrogens is 320 g/mol. The largest absolute Gasteiger partial charge is 0.465 e. The molecule has 20 heavy (non-hydrogen) atoms. The third-order valence-corrected chi connectivity index (χ3v) is 3.29. The number of nitrogens with zero attached hydrogens (tertiary/aromatic N) is 1. The van der Waals surface area contributed by atoms with Crippen LogP contribution in [-0.2, 0) is 4.74 Å². The molecule has 0 saturated heterocycles. The van der Waals surface area contributed by atoms with Gasteiger partial charge in [0.2, 0.25) is 0 Å². The van der Waals surface area contributed by atoms with Gasteiger partial charge in [-0.05, 0) is 61.0 Å². The maximum absolute atomic E-state index is 11.5. The molecule has 0 spiro atoms. The van der Waals surface area contributed by atoms with E-state index in [1.165, 1.54) is 7.11 Å². The number of esters is 1. The van der Waals surface area contributed by atoms with E-state index in [0.29, 0.717) is 5.56 Å². The van der Waals surface area contributed by atoms with Crippen LogP contribution in [0, 0.1) is 0 Å². The summed E-state index contributed by atoms with van der Waals surface area (Å²) in [6, 6.07) is 7.26. The van der Waals surface area contributed by atoms with Gasteiger partial charge in [-0.15, -0.1) is 0 Å². The van der Waals surface area contributed by atoms with Gasteiger partial charge in [-0.1, -0.05) is 0 Å². The molecule has 1 aromatic heterocycles. The highest BCUT2D eigenvalue weighted by atomic mass is 79.9. The van der Waals surface area contributed by atoms with Gasteiger partial charge in [0, 0.05) is 10.9 Å². The van der Waals surface area contributed by atoms with Gasteiger partial charge in [0.15, 0.2) is 0 Å². The van der Waals surface area contributed by atoms with Gasteiger partial charge in [0.1, 0.15) is 5.82 Å². The lowest BCUT2D eigenvalue weighted by Gasteiger charge is -2.22. The van der Waals surface area contributed by atoms with E-state index in [2.05, 4.69) is 47.0 Å². The number of halogens is 1. The maximum Gasteiger partial charge on any atom is 0.337 e. The Morgan fingerprint density at radius 1 is 1.30 bits per heavy atom. The van der Waals surface area contributed by atoms with Gasteiger partial charge in [-0.25, -0.2) is 9.78 Å². The minimum Gasteiger partial charge on any atom is -0.465 e. The summed E-state index contributed by atoms with van der Waals surface area (Å²) in [5.74, 6) is 0.440. The standard InChI is InChI=1S/C15H17BrN2O2/c1-15(2,3)18-13-11(16)8-10-7-9(14(19)20-4)5-6-12(10)17-13/h5-8H,1-4H3,(H,17,18). The highest BCUT2D eigenvalue weighted by Gasteiger charge is 2.14. The van der Waals surface area contributed by atoms with Crippen LogP contribution in [0.4, 0.5) is 5.82 Å². The van der Waals surface area contributed by atoms with E-state index in [4.69, 9.17) is 4.74 Å². The Morgan fingerprint density at radius 3 is 2.60 bits per heavy atom. The minimum atomic E-state index is -0.347. The summed E-state index contributed by atoms with van der Waals surface area (Å²) in [6.07, 6.45) is 0. The lowest BCUT2D eigenvalue weighted by molar-refractivity contribution is 0.0601. The topological polar surface area (TPSA) is 51.2 Å². The maximum atomic E-state index is 11.5. The Bertz CT molecular complexity index is 663. The van der Waals surface area contributed by atoms with Crippen LogP contribution in [0.2, 0.25) is 0 Å². The number of rotatable bonds is 2. The summed E-state index contributed by atoms with van der Waals surface area (Å²) < 4.78 is 5.58. The molecular formula is C15H17BrN2O2. The third-order valence-electron chi connectivity index (χ3n) is 2.68. The zero-order valence-corrected chi connectivity index (χ0v) is 13.5. The summed E-state index contributed by atoms with van der Waals surface area (Å²) in [6.45, 7) is 6.23. The lowest BCUT2D eigenvalue weighted by Crippen LogP contribution is -2.26. The van der Waals surface area contributed by atoms with Crippen molar-refractivity contribution >= 4 is 38.6 Å². The van der Waals surface area contributed by atoms with E-state index >= 15 is 0 Å². The van der Waals surface area contributed by atoms with Gasteiger partial charge >= 0.3 is 5.97 Å². The first-order valence-corrected chi connectivity index (χ1v) is 7.06. The number of methoxy groups -OCH3 is 1. The van der Waals surface area contributed by atoms with Gasteiger partial charge in [-0.2, -0.15) is 0 Å². The van der Waals surface area contributed by atoms with Crippen molar-refractivity contribution < 1.29 is 9.53 Å². The third kappa shape index (κ3) is 3.28. The molecule has 1 aromatic carbocycles. The zero-order chi connectivity index (χ0) is 14.9. The average Bonchev–Trinajstić information content (AvgIpc) is 2.36. The molecule has 0 saturated carbocycles. The fourth-order valence-corrected chi connectivity index (χ4v) is 2.27. The van der Waals surface area contributed by atoms with Gasteiger partial charge in [-0.3, -0.25) is 0 Å². The number of hydrogen-bond donors (Lipinski definition) is 1. The molecule has 0 amide bonds. The minimum absolute atomic E-state index is 0.0743. The van der Waals surface area contributed by atoms with Crippen LogP contribution in [0.1, 0.15) is 31.1 Å². The van der Waals surface area contributed by atoms with Crippen molar-refractivity contribution in [2.45, 2.75) is 26.3 Å². The van der Waals surface area contributed by atoms with E-state index in [1.54, 1.807) is 12.1 Å². The second-order valence-corrected chi connectivity index (χ2v) is 6.45. The summed E-state index contributed by atoms with van der Waals surface area (Å²) >= 11 is 3.51. The van der Waals surface area contributed by atoms with Crippen molar-refractivity contribution in [3.63, 3.8) is 0 Å². The summed E-state index contributed by atoms with van der Waals surface area (Å²) in [5, 5.41) is 4.23. The number of fused-ring (bicyclic) bond motifs is 1. The van der Waals surface area contributed by atoms with Crippen LogP contribution < -0.4 is 5.32 Å². The van der Waals surface area contributed by atoms with Crippen LogP contribution in [-0.4, -0.2) is 23.6 Å². The Kier molecular flexibility index (Phi) is 3.99. The number of pyridine rings is 1. The molecule has 106 valence electrons. The van der Waals surface area contributed by atoms with Crippen LogP contribution in [0.25, 0.3) is 10.9 Å². The molecule has 0 aliphatic rings. The fourth-order valence-electron chi connectivity index (χ4n) is 1.84. The van der Waals surface area contributed by atoms with Crippen molar-refractivity contribution in [3.05, 3.63) is 34.3 Å². The Morgan fingerprint density at radius 2 is 2.00 bits per heavy atom. The number of anilines is 1. The Labute approximate surface area is 126 Å². The predicted octanol–water partition coefficient (Wildman–Crippen LogP) is 3.99. The monoisotopic (exact) mass is 336 g/mol. The molecule has 0 bridgehead atoms. The number of hydrogen-bond acceptors (Lipinski definition) is 4. The van der Waals surface area contributed by atoms with Crippen LogP contribution in [0.3, 0.4) is 0 Å². The predicted molar refractivity (Wildman–Crippen MR) is 84.2 cm³/mol. The molecule has 0 radical (unpaired) electrons. The average molecular weight is 337 g/mol. The molecule has 0 atom stereocenters. The number of ether oxygens (including phenoxy) is 1. The second-order valence-electron chi connectivity index (χ2n) is 5.59. The van der Waals surface area contributed by atoms with Crippen LogP contribution in [0.15, 0.2) is 28.7 Å². The summed E-state index contributed by atoms with van der Waals surface area (Å²) in [5.41, 5.74) is 1.27. The molecule has 5 heteroatoms. The molecule has 1 N–H and O–H groups in total. The molecule has 2 rings (SSSR count). The number of nitrogens with one attached hydrogen (secondary N) is 1. The first-order valence-electron chi connectivity index (χ1n) is 6.27. The van der Waals surface area contributed by atoms with E-state index in [-0.39, 0.29) is 11.5 Å². The van der Waals surface area contributed by atoms with E-state index in [9.17, 15) is 4.79 Å². The smallest absolute Gasteiger partial charge is 0.337 e. The first-order chi connectivity index (χ1) is 9.30.